The van der Waals surface area contributed by atoms with Crippen molar-refractivity contribution in [3.8, 4) is 11.5 Å². The number of aromatic carboxylic acids is 1. The van der Waals surface area contributed by atoms with Gasteiger partial charge >= 0.3 is 5.97 Å². The van der Waals surface area contributed by atoms with Crippen molar-refractivity contribution in [1.82, 2.24) is 4.98 Å². The van der Waals surface area contributed by atoms with Crippen molar-refractivity contribution in [2.24, 2.45) is 0 Å². The Bertz CT molecular complexity index is 589. The number of nitrogens with zero attached hydrogens (tertiary/aromatic N) is 1. The van der Waals surface area contributed by atoms with Gasteiger partial charge in [-0.2, -0.15) is 0 Å². The number of carboxylic acids is 1. The minimum atomic E-state index is -1.19. The number of hydrogen-bond donors (Lipinski definition) is 1. The van der Waals surface area contributed by atoms with Crippen molar-refractivity contribution >= 4 is 5.97 Å². The van der Waals surface area contributed by atoms with Crippen LogP contribution >= 0.6 is 0 Å². The van der Waals surface area contributed by atoms with E-state index in [0.717, 1.165) is 0 Å². The number of carbonyl (C=O) groups is 1. The number of aryl methyl sites for hydroxylation is 2. The summed E-state index contributed by atoms with van der Waals surface area (Å²) in [5.74, 6) is -1.68. The molecule has 0 spiro atoms. The maximum absolute atomic E-state index is 13.3. The minimum Gasteiger partial charge on any atom is -0.475 e. The SMILES string of the molecule is Cc1ccc(-c2nc(C)c(C(=O)O)o2)cc1F. The number of hydrogen-bond acceptors (Lipinski definition) is 3. The molecule has 0 amide bonds. The highest BCUT2D eigenvalue weighted by Gasteiger charge is 2.17. The van der Waals surface area contributed by atoms with Crippen LogP contribution in [-0.2, 0) is 0 Å². The van der Waals surface area contributed by atoms with Crippen molar-refractivity contribution in [2.45, 2.75) is 13.8 Å². The van der Waals surface area contributed by atoms with Gasteiger partial charge in [-0.25, -0.2) is 14.2 Å². The maximum atomic E-state index is 13.3. The number of benzene rings is 1. The average Bonchev–Trinajstić information content (AvgIpc) is 2.64. The van der Waals surface area contributed by atoms with Gasteiger partial charge in [0, 0.05) is 5.56 Å². The fourth-order valence-electron chi connectivity index (χ4n) is 1.44. The third-order valence-electron chi connectivity index (χ3n) is 2.41. The molecule has 2 rings (SSSR count). The minimum absolute atomic E-state index is 0.110. The Hall–Kier alpha value is -2.17. The molecular formula is C12H10FNO3. The Balaban J connectivity index is 2.50. The molecule has 2 aromatic rings. The van der Waals surface area contributed by atoms with E-state index in [2.05, 4.69) is 4.98 Å². The number of aromatic nitrogens is 1. The molecule has 1 heterocycles. The van der Waals surface area contributed by atoms with Crippen LogP contribution < -0.4 is 0 Å². The van der Waals surface area contributed by atoms with Gasteiger partial charge in [0.25, 0.3) is 0 Å². The highest BCUT2D eigenvalue weighted by atomic mass is 19.1. The van der Waals surface area contributed by atoms with Crippen molar-refractivity contribution in [2.75, 3.05) is 0 Å². The average molecular weight is 235 g/mol. The van der Waals surface area contributed by atoms with Crippen LogP contribution in [0.1, 0.15) is 21.8 Å². The summed E-state index contributed by atoms with van der Waals surface area (Å²) in [7, 11) is 0. The molecule has 1 aromatic carbocycles. The lowest BCUT2D eigenvalue weighted by Crippen LogP contribution is -1.95. The molecule has 0 unspecified atom stereocenters. The van der Waals surface area contributed by atoms with E-state index in [-0.39, 0.29) is 23.2 Å². The molecule has 5 heteroatoms. The zero-order valence-electron chi connectivity index (χ0n) is 9.32. The number of carboxylic acid groups (broad SMARTS) is 1. The first-order valence-corrected chi connectivity index (χ1v) is 4.96. The van der Waals surface area contributed by atoms with Crippen molar-refractivity contribution in [3.63, 3.8) is 0 Å². The summed E-state index contributed by atoms with van der Waals surface area (Å²) < 4.78 is 18.4. The molecule has 1 aromatic heterocycles. The normalized spacial score (nSPS) is 10.5. The fourth-order valence-corrected chi connectivity index (χ4v) is 1.44. The summed E-state index contributed by atoms with van der Waals surface area (Å²) >= 11 is 0. The molecule has 88 valence electrons. The van der Waals surface area contributed by atoms with Crippen LogP contribution in [0.15, 0.2) is 22.6 Å². The van der Waals surface area contributed by atoms with Crippen molar-refractivity contribution in [3.05, 3.63) is 41.0 Å². The second-order valence-electron chi connectivity index (χ2n) is 3.70. The molecule has 1 N–H and O–H groups in total. The molecule has 0 aliphatic carbocycles. The summed E-state index contributed by atoms with van der Waals surface area (Å²) in [6.07, 6.45) is 0. The zero-order valence-corrected chi connectivity index (χ0v) is 9.32. The predicted molar refractivity (Wildman–Crippen MR) is 58.3 cm³/mol. The quantitative estimate of drug-likeness (QED) is 0.869. The van der Waals surface area contributed by atoms with E-state index in [9.17, 15) is 9.18 Å². The van der Waals surface area contributed by atoms with Gasteiger partial charge in [-0.3, -0.25) is 0 Å². The van der Waals surface area contributed by atoms with Crippen molar-refractivity contribution in [1.29, 1.82) is 0 Å². The second kappa shape index (κ2) is 4.01. The van der Waals surface area contributed by atoms with Gasteiger partial charge in [0.05, 0.1) is 5.69 Å². The van der Waals surface area contributed by atoms with E-state index >= 15 is 0 Å². The summed E-state index contributed by atoms with van der Waals surface area (Å²) in [4.78, 5) is 14.7. The molecule has 0 atom stereocenters. The monoisotopic (exact) mass is 235 g/mol. The van der Waals surface area contributed by atoms with Gasteiger partial charge < -0.3 is 9.52 Å². The summed E-state index contributed by atoms with van der Waals surface area (Å²) in [5.41, 5.74) is 1.20. The zero-order chi connectivity index (χ0) is 12.6. The van der Waals surface area contributed by atoms with Gasteiger partial charge in [0.2, 0.25) is 11.7 Å². The number of rotatable bonds is 2. The fraction of sp³-hybridized carbons (Fsp3) is 0.167. The van der Waals surface area contributed by atoms with Crippen LogP contribution in [-0.4, -0.2) is 16.1 Å². The first-order chi connectivity index (χ1) is 7.99. The molecule has 0 bridgehead atoms. The van der Waals surface area contributed by atoms with Crippen LogP contribution in [0.25, 0.3) is 11.5 Å². The molecule has 0 aliphatic rings. The van der Waals surface area contributed by atoms with Crippen LogP contribution in [0.5, 0.6) is 0 Å². The Morgan fingerprint density at radius 2 is 2.12 bits per heavy atom. The lowest BCUT2D eigenvalue weighted by atomic mass is 10.1. The van der Waals surface area contributed by atoms with Crippen LogP contribution in [0.3, 0.4) is 0 Å². The molecule has 4 nitrogen and oxygen atoms in total. The molecule has 0 radical (unpaired) electrons. The third-order valence-corrected chi connectivity index (χ3v) is 2.41. The Kier molecular flexibility index (Phi) is 2.67. The highest BCUT2D eigenvalue weighted by Crippen LogP contribution is 2.23. The second-order valence-corrected chi connectivity index (χ2v) is 3.70. The van der Waals surface area contributed by atoms with Crippen LogP contribution in [0, 0.1) is 19.7 Å². The first-order valence-electron chi connectivity index (χ1n) is 4.96. The highest BCUT2D eigenvalue weighted by molar-refractivity contribution is 5.86. The van der Waals surface area contributed by atoms with E-state index in [4.69, 9.17) is 9.52 Å². The molecule has 17 heavy (non-hydrogen) atoms. The maximum Gasteiger partial charge on any atom is 0.373 e. The van der Waals surface area contributed by atoms with Gasteiger partial charge in [-0.15, -0.1) is 0 Å². The van der Waals surface area contributed by atoms with E-state index < -0.39 is 5.97 Å². The van der Waals surface area contributed by atoms with Gasteiger partial charge in [-0.1, -0.05) is 6.07 Å². The predicted octanol–water partition coefficient (Wildman–Crippen LogP) is 2.80. The van der Waals surface area contributed by atoms with E-state index in [1.807, 2.05) is 0 Å². The van der Waals surface area contributed by atoms with Crippen LogP contribution in [0.4, 0.5) is 4.39 Å². The molecule has 0 aliphatic heterocycles. The van der Waals surface area contributed by atoms with Crippen LogP contribution in [0.2, 0.25) is 0 Å². The summed E-state index contributed by atoms with van der Waals surface area (Å²) in [6, 6.07) is 4.49. The molecule has 0 saturated carbocycles. The van der Waals surface area contributed by atoms with E-state index in [0.29, 0.717) is 11.1 Å². The Labute approximate surface area is 96.7 Å². The standard InChI is InChI=1S/C12H10FNO3/c1-6-3-4-8(5-9(6)13)11-14-7(2)10(17-11)12(15)16/h3-5H,1-2H3,(H,15,16). The molecule has 0 fully saturated rings. The Morgan fingerprint density at radius 3 is 2.65 bits per heavy atom. The first kappa shape index (κ1) is 11.3. The smallest absolute Gasteiger partial charge is 0.373 e. The summed E-state index contributed by atoms with van der Waals surface area (Å²) in [5, 5.41) is 8.82. The largest absolute Gasteiger partial charge is 0.475 e. The van der Waals surface area contributed by atoms with Gasteiger partial charge in [0.1, 0.15) is 5.82 Å². The Morgan fingerprint density at radius 1 is 1.41 bits per heavy atom. The van der Waals surface area contributed by atoms with Gasteiger partial charge in [0.15, 0.2) is 0 Å². The lowest BCUT2D eigenvalue weighted by Gasteiger charge is -1.98. The van der Waals surface area contributed by atoms with E-state index in [1.54, 1.807) is 19.1 Å². The molecule has 0 saturated heterocycles. The number of halogens is 1. The molecular weight excluding hydrogens is 225 g/mol. The topological polar surface area (TPSA) is 63.3 Å². The number of oxazole rings is 1. The van der Waals surface area contributed by atoms with Gasteiger partial charge in [-0.05, 0) is 31.5 Å². The third kappa shape index (κ3) is 2.04. The van der Waals surface area contributed by atoms with E-state index in [1.165, 1.54) is 13.0 Å². The summed E-state index contributed by atoms with van der Waals surface area (Å²) in [6.45, 7) is 3.17. The van der Waals surface area contributed by atoms with Crippen molar-refractivity contribution < 1.29 is 18.7 Å². The lowest BCUT2D eigenvalue weighted by molar-refractivity contribution is 0.0662.